The summed E-state index contributed by atoms with van der Waals surface area (Å²) >= 11 is 0. The van der Waals surface area contributed by atoms with Crippen molar-refractivity contribution >= 4 is 22.9 Å². The van der Waals surface area contributed by atoms with E-state index in [0.717, 1.165) is 18.2 Å². The molecule has 2 heterocycles. The largest absolute Gasteiger partial charge is 0.319 e. The van der Waals surface area contributed by atoms with Crippen LogP contribution in [0.15, 0.2) is 91.1 Å². The van der Waals surface area contributed by atoms with Crippen molar-refractivity contribution in [1.29, 1.82) is 0 Å². The van der Waals surface area contributed by atoms with Crippen LogP contribution >= 0.6 is 0 Å². The van der Waals surface area contributed by atoms with Crippen molar-refractivity contribution in [3.05, 3.63) is 102 Å². The molecule has 0 fully saturated rings. The highest BCUT2D eigenvalue weighted by Crippen LogP contribution is 2.48. The van der Waals surface area contributed by atoms with Gasteiger partial charge in [-0.25, -0.2) is 4.98 Å². The average Bonchev–Trinajstić information content (AvgIpc) is 3.15. The number of pyridine rings is 1. The van der Waals surface area contributed by atoms with Gasteiger partial charge in [0.05, 0.1) is 5.69 Å². The van der Waals surface area contributed by atoms with E-state index in [2.05, 4.69) is 109 Å². The van der Waals surface area contributed by atoms with Gasteiger partial charge in [-0.15, -0.1) is 0 Å². The smallest absolute Gasteiger partial charge is 0.159 e. The molecule has 0 saturated heterocycles. The highest BCUT2D eigenvalue weighted by Gasteiger charge is 2.32. The Bertz CT molecular complexity index is 1130. The van der Waals surface area contributed by atoms with Gasteiger partial charge < -0.3 is 9.80 Å². The summed E-state index contributed by atoms with van der Waals surface area (Å²) in [4.78, 5) is 9.49. The fourth-order valence-electron chi connectivity index (χ4n) is 4.26. The number of aryl methyl sites for hydroxylation is 2. The summed E-state index contributed by atoms with van der Waals surface area (Å²) in [5, 5.41) is 0. The van der Waals surface area contributed by atoms with E-state index in [4.69, 9.17) is 4.98 Å². The van der Waals surface area contributed by atoms with E-state index in [0.29, 0.717) is 0 Å². The van der Waals surface area contributed by atoms with Crippen molar-refractivity contribution in [1.82, 2.24) is 4.98 Å². The third-order valence-electron chi connectivity index (χ3n) is 5.60. The van der Waals surface area contributed by atoms with E-state index in [1.54, 1.807) is 0 Å². The zero-order valence-electron chi connectivity index (χ0n) is 16.7. The Morgan fingerprint density at radius 1 is 0.655 bits per heavy atom. The van der Waals surface area contributed by atoms with Crippen molar-refractivity contribution < 1.29 is 0 Å². The summed E-state index contributed by atoms with van der Waals surface area (Å²) < 4.78 is 0. The Morgan fingerprint density at radius 2 is 1.24 bits per heavy atom. The van der Waals surface area contributed by atoms with Crippen LogP contribution in [0.5, 0.6) is 0 Å². The van der Waals surface area contributed by atoms with E-state index in [1.807, 2.05) is 6.20 Å². The van der Waals surface area contributed by atoms with Crippen molar-refractivity contribution in [2.45, 2.75) is 13.8 Å². The highest BCUT2D eigenvalue weighted by molar-refractivity contribution is 5.96. The zero-order chi connectivity index (χ0) is 19.8. The molecule has 1 aliphatic heterocycles. The number of para-hydroxylation sites is 2. The van der Waals surface area contributed by atoms with Gasteiger partial charge in [0, 0.05) is 23.1 Å². The molecule has 0 spiro atoms. The van der Waals surface area contributed by atoms with Crippen molar-refractivity contribution in [2.75, 3.05) is 16.5 Å². The maximum absolute atomic E-state index is 4.82. The number of benzene rings is 3. The first-order valence-corrected chi connectivity index (χ1v) is 9.95. The van der Waals surface area contributed by atoms with Gasteiger partial charge >= 0.3 is 0 Å². The molecule has 142 valence electrons. The lowest BCUT2D eigenvalue weighted by Gasteiger charge is -2.23. The second-order valence-electron chi connectivity index (χ2n) is 7.47. The summed E-state index contributed by atoms with van der Waals surface area (Å²) in [6, 6.07) is 29.7. The second-order valence-corrected chi connectivity index (χ2v) is 7.47. The van der Waals surface area contributed by atoms with Crippen LogP contribution in [0.2, 0.25) is 0 Å². The molecule has 3 heteroatoms. The molecule has 1 aromatic heterocycles. The van der Waals surface area contributed by atoms with Gasteiger partial charge in [0.15, 0.2) is 5.82 Å². The van der Waals surface area contributed by atoms with Gasteiger partial charge in [0.25, 0.3) is 0 Å². The fraction of sp³-hybridized carbons (Fsp3) is 0.115. The van der Waals surface area contributed by atoms with Crippen LogP contribution < -0.4 is 9.80 Å². The van der Waals surface area contributed by atoms with Gasteiger partial charge in [-0.05, 0) is 60.9 Å². The van der Waals surface area contributed by atoms with Gasteiger partial charge in [-0.2, -0.15) is 0 Å². The third-order valence-corrected chi connectivity index (χ3v) is 5.60. The lowest BCUT2D eigenvalue weighted by Crippen LogP contribution is -2.24. The standard InChI is InChI=1S/C26H23N3/c1-19-10-9-11-20(2)24(19)23-16-17-27-26-25(23)28(21-12-5-3-6-13-21)18-29(26)22-14-7-4-8-15-22/h3-17H,18H2,1-2H3. The number of hydrogen-bond donors (Lipinski definition) is 0. The number of anilines is 4. The lowest BCUT2D eigenvalue weighted by atomic mass is 9.95. The fourth-order valence-corrected chi connectivity index (χ4v) is 4.26. The molecule has 0 N–H and O–H groups in total. The van der Waals surface area contributed by atoms with Crippen LogP contribution in [0.25, 0.3) is 11.1 Å². The summed E-state index contributed by atoms with van der Waals surface area (Å²) in [5.41, 5.74) is 8.58. The molecule has 4 aromatic rings. The number of rotatable bonds is 3. The quantitative estimate of drug-likeness (QED) is 0.400. The highest BCUT2D eigenvalue weighted by atomic mass is 15.4. The molecular weight excluding hydrogens is 354 g/mol. The molecule has 3 aromatic carbocycles. The van der Waals surface area contributed by atoms with Gasteiger partial charge in [-0.1, -0.05) is 54.6 Å². The molecule has 0 unspecified atom stereocenters. The van der Waals surface area contributed by atoms with Gasteiger partial charge in [0.1, 0.15) is 6.67 Å². The lowest BCUT2D eigenvalue weighted by molar-refractivity contribution is 0.981. The van der Waals surface area contributed by atoms with Crippen LogP contribution in [-0.4, -0.2) is 11.7 Å². The molecule has 0 amide bonds. The normalized spacial score (nSPS) is 12.9. The minimum absolute atomic E-state index is 0.734. The van der Waals surface area contributed by atoms with Crippen molar-refractivity contribution in [3.8, 4) is 11.1 Å². The third kappa shape index (κ3) is 2.95. The number of aromatic nitrogens is 1. The van der Waals surface area contributed by atoms with E-state index in [1.165, 1.54) is 33.6 Å². The maximum atomic E-state index is 4.82. The van der Waals surface area contributed by atoms with Gasteiger partial charge in [0.2, 0.25) is 0 Å². The molecular formula is C26H23N3. The van der Waals surface area contributed by atoms with Gasteiger partial charge in [-0.3, -0.25) is 0 Å². The van der Waals surface area contributed by atoms with Crippen molar-refractivity contribution in [3.63, 3.8) is 0 Å². The van der Waals surface area contributed by atoms with Crippen LogP contribution in [0.1, 0.15) is 11.1 Å². The summed E-state index contributed by atoms with van der Waals surface area (Å²) in [6.45, 7) is 5.11. The van der Waals surface area contributed by atoms with Crippen LogP contribution in [0, 0.1) is 13.8 Å². The molecule has 0 bridgehead atoms. The van der Waals surface area contributed by atoms with Crippen LogP contribution in [0.4, 0.5) is 22.9 Å². The number of nitrogens with zero attached hydrogens (tertiary/aromatic N) is 3. The topological polar surface area (TPSA) is 19.4 Å². The molecule has 5 rings (SSSR count). The monoisotopic (exact) mass is 377 g/mol. The Kier molecular flexibility index (Phi) is 4.28. The number of hydrogen-bond acceptors (Lipinski definition) is 3. The summed E-state index contributed by atoms with van der Waals surface area (Å²) in [5.74, 6) is 1.00. The summed E-state index contributed by atoms with van der Waals surface area (Å²) in [6.07, 6.45) is 1.94. The Labute approximate surface area is 171 Å². The predicted octanol–water partition coefficient (Wildman–Crippen LogP) is 6.61. The molecule has 0 aliphatic carbocycles. The van der Waals surface area contributed by atoms with E-state index >= 15 is 0 Å². The van der Waals surface area contributed by atoms with E-state index in [9.17, 15) is 0 Å². The Hall–Kier alpha value is -3.59. The zero-order valence-corrected chi connectivity index (χ0v) is 16.7. The summed E-state index contributed by atoms with van der Waals surface area (Å²) in [7, 11) is 0. The van der Waals surface area contributed by atoms with E-state index < -0.39 is 0 Å². The first-order valence-electron chi connectivity index (χ1n) is 9.95. The first-order chi connectivity index (χ1) is 14.2. The first kappa shape index (κ1) is 17.5. The molecule has 0 saturated carbocycles. The molecule has 29 heavy (non-hydrogen) atoms. The van der Waals surface area contributed by atoms with Crippen molar-refractivity contribution in [2.24, 2.45) is 0 Å². The van der Waals surface area contributed by atoms with Crippen LogP contribution in [-0.2, 0) is 0 Å². The maximum Gasteiger partial charge on any atom is 0.159 e. The Balaban J connectivity index is 1.76. The second kappa shape index (κ2) is 7.10. The Morgan fingerprint density at radius 3 is 1.86 bits per heavy atom. The van der Waals surface area contributed by atoms with E-state index in [-0.39, 0.29) is 0 Å². The number of fused-ring (bicyclic) bond motifs is 1. The van der Waals surface area contributed by atoms with Crippen LogP contribution in [0.3, 0.4) is 0 Å². The predicted molar refractivity (Wildman–Crippen MR) is 121 cm³/mol. The SMILES string of the molecule is Cc1cccc(C)c1-c1ccnc2c1N(c1ccccc1)CN2c1ccccc1. The molecule has 1 aliphatic rings. The minimum Gasteiger partial charge on any atom is -0.319 e. The average molecular weight is 377 g/mol. The molecule has 0 radical (unpaired) electrons. The molecule has 0 atom stereocenters. The minimum atomic E-state index is 0.734. The molecule has 3 nitrogen and oxygen atoms in total.